The molecule has 0 spiro atoms. The number of aryl methyl sites for hydroxylation is 1. The van der Waals surface area contributed by atoms with Gasteiger partial charge < -0.3 is 5.32 Å². The first-order valence-electron chi connectivity index (χ1n) is 6.79. The third-order valence-corrected chi connectivity index (χ3v) is 4.76. The van der Waals surface area contributed by atoms with Crippen LogP contribution in [-0.4, -0.2) is 26.4 Å². The van der Waals surface area contributed by atoms with Gasteiger partial charge in [-0.05, 0) is 18.4 Å². The Morgan fingerprint density at radius 3 is 3.16 bits per heavy atom. The molecule has 2 N–H and O–H groups in total. The van der Waals surface area contributed by atoms with Crippen molar-refractivity contribution < 1.29 is 0 Å². The highest BCUT2D eigenvalue weighted by atomic mass is 32.1. The molecule has 0 saturated heterocycles. The van der Waals surface area contributed by atoms with E-state index < -0.39 is 0 Å². The van der Waals surface area contributed by atoms with Crippen molar-refractivity contribution in [3.63, 3.8) is 0 Å². The monoisotopic (exact) mass is 277 g/mol. The molecule has 2 aromatic rings. The lowest BCUT2D eigenvalue weighted by Gasteiger charge is -2.22. The topological polar surface area (TPSA) is 66.5 Å². The smallest absolute Gasteiger partial charge is 0.131 e. The molecule has 0 aliphatic heterocycles. The first-order valence-corrected chi connectivity index (χ1v) is 7.61. The summed E-state index contributed by atoms with van der Waals surface area (Å²) in [6, 6.07) is 0.513. The Morgan fingerprint density at radius 2 is 2.37 bits per heavy atom. The van der Waals surface area contributed by atoms with Crippen molar-refractivity contribution in [2.24, 2.45) is 0 Å². The summed E-state index contributed by atoms with van der Waals surface area (Å²) in [7, 11) is 0. The van der Waals surface area contributed by atoms with Gasteiger partial charge in [-0.3, -0.25) is 5.10 Å². The maximum Gasteiger partial charge on any atom is 0.131 e. The number of fused-ring (bicyclic) bond motifs is 1. The number of aromatic amines is 1. The number of nitrogens with zero attached hydrogens (tertiary/aromatic N) is 3. The van der Waals surface area contributed by atoms with Crippen LogP contribution in [0.3, 0.4) is 0 Å². The molecular formula is C13H19N5S. The van der Waals surface area contributed by atoms with E-state index in [1.54, 1.807) is 11.3 Å². The molecule has 19 heavy (non-hydrogen) atoms. The van der Waals surface area contributed by atoms with Gasteiger partial charge in [0.2, 0.25) is 0 Å². The van der Waals surface area contributed by atoms with Crippen LogP contribution in [-0.2, 0) is 19.4 Å². The van der Waals surface area contributed by atoms with Crippen LogP contribution in [0.5, 0.6) is 0 Å². The predicted molar refractivity (Wildman–Crippen MR) is 75.2 cm³/mol. The molecule has 0 radical (unpaired) electrons. The lowest BCUT2D eigenvalue weighted by Crippen LogP contribution is -2.34. The Morgan fingerprint density at radius 1 is 1.47 bits per heavy atom. The standard InChI is InChI=1S/C13H19N5S/c1-8(2)13-18-17-12(19-13)7-14-10-4-3-9-6-15-16-11(9)5-10/h6,8,10,14H,3-5,7H2,1-2H3,(H,15,16). The highest BCUT2D eigenvalue weighted by molar-refractivity contribution is 7.11. The number of H-pyrrole nitrogens is 1. The maximum atomic E-state index is 4.24. The van der Waals surface area contributed by atoms with Gasteiger partial charge in [-0.2, -0.15) is 5.10 Å². The minimum atomic E-state index is 0.466. The maximum absolute atomic E-state index is 4.24. The fourth-order valence-corrected chi connectivity index (χ4v) is 3.18. The number of aromatic nitrogens is 4. The molecular weight excluding hydrogens is 258 g/mol. The molecule has 0 bridgehead atoms. The molecule has 1 atom stereocenters. The Balaban J connectivity index is 1.55. The molecule has 1 unspecified atom stereocenters. The van der Waals surface area contributed by atoms with Crippen LogP contribution in [0.4, 0.5) is 0 Å². The van der Waals surface area contributed by atoms with Crippen molar-refractivity contribution in [3.8, 4) is 0 Å². The molecule has 1 aliphatic rings. The van der Waals surface area contributed by atoms with Crippen LogP contribution >= 0.6 is 11.3 Å². The minimum absolute atomic E-state index is 0.466. The van der Waals surface area contributed by atoms with Gasteiger partial charge >= 0.3 is 0 Å². The number of hydrogen-bond donors (Lipinski definition) is 2. The van der Waals surface area contributed by atoms with Crippen molar-refractivity contribution in [2.45, 2.75) is 51.6 Å². The molecule has 3 rings (SSSR count). The van der Waals surface area contributed by atoms with E-state index in [-0.39, 0.29) is 0 Å². The average molecular weight is 277 g/mol. The summed E-state index contributed by atoms with van der Waals surface area (Å²) >= 11 is 1.71. The van der Waals surface area contributed by atoms with Gasteiger partial charge in [0.1, 0.15) is 10.0 Å². The first-order chi connectivity index (χ1) is 9.22. The SMILES string of the molecule is CC(C)c1nnc(CNC2CCc3cn[nH]c3C2)s1. The van der Waals surface area contributed by atoms with Crippen LogP contribution in [0, 0.1) is 0 Å². The van der Waals surface area contributed by atoms with Gasteiger partial charge in [0, 0.05) is 30.6 Å². The van der Waals surface area contributed by atoms with Crippen molar-refractivity contribution in [1.29, 1.82) is 0 Å². The zero-order valence-electron chi connectivity index (χ0n) is 11.3. The lowest BCUT2D eigenvalue weighted by molar-refractivity contribution is 0.452. The summed E-state index contributed by atoms with van der Waals surface area (Å²) in [5.41, 5.74) is 2.65. The van der Waals surface area contributed by atoms with Crippen molar-refractivity contribution in [3.05, 3.63) is 27.5 Å². The summed E-state index contributed by atoms with van der Waals surface area (Å²) in [4.78, 5) is 0. The zero-order chi connectivity index (χ0) is 13.2. The van der Waals surface area contributed by atoms with E-state index in [2.05, 4.69) is 39.6 Å². The molecule has 0 amide bonds. The summed E-state index contributed by atoms with van der Waals surface area (Å²) in [5, 5.41) is 21.4. The van der Waals surface area contributed by atoms with Crippen LogP contribution in [0.2, 0.25) is 0 Å². The lowest BCUT2D eigenvalue weighted by atomic mass is 9.94. The molecule has 102 valence electrons. The van der Waals surface area contributed by atoms with Gasteiger partial charge in [0.15, 0.2) is 0 Å². The quantitative estimate of drug-likeness (QED) is 0.897. The Labute approximate surface area is 116 Å². The van der Waals surface area contributed by atoms with E-state index in [4.69, 9.17) is 0 Å². The van der Waals surface area contributed by atoms with Gasteiger partial charge in [-0.15, -0.1) is 10.2 Å². The molecule has 0 fully saturated rings. The van der Waals surface area contributed by atoms with Crippen LogP contribution in [0.1, 0.15) is 47.5 Å². The number of hydrogen-bond acceptors (Lipinski definition) is 5. The minimum Gasteiger partial charge on any atom is -0.307 e. The van der Waals surface area contributed by atoms with Crippen LogP contribution in [0.25, 0.3) is 0 Å². The third-order valence-electron chi connectivity index (χ3n) is 3.54. The third kappa shape index (κ3) is 2.84. The second kappa shape index (κ2) is 5.38. The molecule has 1 aliphatic carbocycles. The largest absolute Gasteiger partial charge is 0.307 e. The van der Waals surface area contributed by atoms with E-state index in [0.717, 1.165) is 29.4 Å². The van der Waals surface area contributed by atoms with Crippen molar-refractivity contribution >= 4 is 11.3 Å². The summed E-state index contributed by atoms with van der Waals surface area (Å²) in [6.07, 6.45) is 5.26. The number of rotatable bonds is 4. The van der Waals surface area contributed by atoms with Gasteiger partial charge in [0.05, 0.1) is 6.20 Å². The van der Waals surface area contributed by atoms with Crippen molar-refractivity contribution in [2.75, 3.05) is 0 Å². The number of nitrogens with one attached hydrogen (secondary N) is 2. The van der Waals surface area contributed by atoms with E-state index in [1.165, 1.54) is 17.7 Å². The zero-order valence-corrected chi connectivity index (χ0v) is 12.1. The van der Waals surface area contributed by atoms with Crippen LogP contribution < -0.4 is 5.32 Å². The van der Waals surface area contributed by atoms with E-state index >= 15 is 0 Å². The summed E-state index contributed by atoms with van der Waals surface area (Å²) in [6.45, 7) is 5.12. The van der Waals surface area contributed by atoms with Gasteiger partial charge in [-0.25, -0.2) is 0 Å². The Bertz CT molecular complexity index is 545. The van der Waals surface area contributed by atoms with E-state index in [1.807, 2.05) is 6.20 Å². The second-order valence-corrected chi connectivity index (χ2v) is 6.48. The molecule has 6 heteroatoms. The molecule has 5 nitrogen and oxygen atoms in total. The molecule has 0 saturated carbocycles. The van der Waals surface area contributed by atoms with Crippen molar-refractivity contribution in [1.82, 2.24) is 25.7 Å². The van der Waals surface area contributed by atoms with Gasteiger partial charge in [-0.1, -0.05) is 25.2 Å². The van der Waals surface area contributed by atoms with E-state index in [0.29, 0.717) is 12.0 Å². The second-order valence-electron chi connectivity index (χ2n) is 5.38. The Kier molecular flexibility index (Phi) is 3.61. The highest BCUT2D eigenvalue weighted by Crippen LogP contribution is 2.21. The first kappa shape index (κ1) is 12.7. The Hall–Kier alpha value is -1.27. The molecule has 2 heterocycles. The van der Waals surface area contributed by atoms with Gasteiger partial charge in [0.25, 0.3) is 0 Å². The molecule has 2 aromatic heterocycles. The fraction of sp³-hybridized carbons (Fsp3) is 0.615. The summed E-state index contributed by atoms with van der Waals surface area (Å²) in [5.74, 6) is 0.466. The fourth-order valence-electron chi connectivity index (χ4n) is 2.39. The van der Waals surface area contributed by atoms with E-state index in [9.17, 15) is 0 Å². The molecule has 0 aromatic carbocycles. The predicted octanol–water partition coefficient (Wildman–Crippen LogP) is 2.03. The highest BCUT2D eigenvalue weighted by Gasteiger charge is 2.20. The summed E-state index contributed by atoms with van der Waals surface area (Å²) < 4.78 is 0. The normalized spacial score (nSPS) is 18.8. The van der Waals surface area contributed by atoms with Crippen LogP contribution in [0.15, 0.2) is 6.20 Å². The average Bonchev–Trinajstić information content (AvgIpc) is 3.04.